The van der Waals surface area contributed by atoms with Crippen molar-refractivity contribution in [3.05, 3.63) is 24.3 Å². The van der Waals surface area contributed by atoms with Crippen molar-refractivity contribution in [1.29, 1.82) is 0 Å². The summed E-state index contributed by atoms with van der Waals surface area (Å²) in [7, 11) is 0. The molecule has 0 aliphatic carbocycles. The van der Waals surface area contributed by atoms with E-state index in [4.69, 9.17) is 5.26 Å². The Hall–Kier alpha value is 0.530. The van der Waals surface area contributed by atoms with E-state index in [9.17, 15) is 0 Å². The third-order valence-electron chi connectivity index (χ3n) is 1.33. The van der Waals surface area contributed by atoms with Crippen molar-refractivity contribution in [3.8, 4) is 0 Å². The van der Waals surface area contributed by atoms with E-state index >= 15 is 0 Å². The third kappa shape index (κ3) is 4.85. The molecule has 6 heteroatoms. The molecule has 1 rings (SSSR count). The summed E-state index contributed by atoms with van der Waals surface area (Å²) in [4.78, 5) is 2.12. The molecule has 0 heterocycles. The van der Waals surface area contributed by atoms with Crippen molar-refractivity contribution >= 4 is 46.4 Å². The highest BCUT2D eigenvalue weighted by Crippen LogP contribution is 2.24. The van der Waals surface area contributed by atoms with Gasteiger partial charge in [0.25, 0.3) is 0 Å². The summed E-state index contributed by atoms with van der Waals surface area (Å²) in [5, 5.41) is 11.4. The van der Waals surface area contributed by atoms with E-state index in [1.807, 2.05) is 36.0 Å². The van der Waals surface area contributed by atoms with Gasteiger partial charge in [0.1, 0.15) is 0 Å². The molecule has 1 N–H and O–H groups in total. The molecule has 0 unspecified atom stereocenters. The second-order valence-corrected chi connectivity index (χ2v) is 5.26. The van der Waals surface area contributed by atoms with Gasteiger partial charge in [-0.1, -0.05) is 27.6 Å². The van der Waals surface area contributed by atoms with Crippen molar-refractivity contribution in [2.24, 2.45) is 0 Å². The third-order valence-corrected chi connectivity index (χ3v) is 4.21. The van der Waals surface area contributed by atoms with E-state index in [0.29, 0.717) is 0 Å². The highest BCUT2D eigenvalue weighted by atomic mass is 127. The SMILES string of the molecule is OOOSc1ccc(SCCI)cc1. The Bertz CT molecular complexity index is 228. The van der Waals surface area contributed by atoms with Crippen molar-refractivity contribution in [2.75, 3.05) is 10.2 Å². The number of hydrogen-bond acceptors (Lipinski definition) is 5. The molecule has 0 radical (unpaired) electrons. The molecule has 14 heavy (non-hydrogen) atoms. The second-order valence-electron chi connectivity index (χ2n) is 2.23. The van der Waals surface area contributed by atoms with E-state index in [0.717, 1.165) is 27.1 Å². The first-order valence-electron chi connectivity index (χ1n) is 3.80. The van der Waals surface area contributed by atoms with E-state index in [1.165, 1.54) is 4.90 Å². The summed E-state index contributed by atoms with van der Waals surface area (Å²) in [6.07, 6.45) is 0. The Morgan fingerprint density at radius 1 is 1.21 bits per heavy atom. The van der Waals surface area contributed by atoms with Crippen LogP contribution in [-0.4, -0.2) is 15.4 Å². The molecule has 0 atom stereocenters. The molecule has 0 spiro atoms. The molecule has 0 saturated heterocycles. The predicted molar refractivity (Wildman–Crippen MR) is 66.7 cm³/mol. The molecule has 0 saturated carbocycles. The van der Waals surface area contributed by atoms with Crippen LogP contribution in [0.5, 0.6) is 0 Å². The lowest BCUT2D eigenvalue weighted by Gasteiger charge is -2.00. The molecule has 0 aliphatic rings. The molecule has 78 valence electrons. The monoisotopic (exact) mass is 344 g/mol. The maximum atomic E-state index is 7.95. The zero-order chi connectivity index (χ0) is 10.2. The molecule has 0 bridgehead atoms. The van der Waals surface area contributed by atoms with Gasteiger partial charge in [-0.15, -0.1) is 16.1 Å². The van der Waals surface area contributed by atoms with Crippen LogP contribution in [-0.2, 0) is 9.37 Å². The standard InChI is InChI=1S/C8H9IO3S2/c9-5-6-13-7-1-3-8(4-2-7)14-12-11-10/h1-4,10H,5-6H2. The lowest BCUT2D eigenvalue weighted by Crippen LogP contribution is -1.80. The summed E-state index contributed by atoms with van der Waals surface area (Å²) in [5.74, 6) is 1.11. The Morgan fingerprint density at radius 3 is 2.43 bits per heavy atom. The lowest BCUT2D eigenvalue weighted by atomic mass is 10.4. The molecule has 1 aromatic carbocycles. The molecule has 0 aromatic heterocycles. The summed E-state index contributed by atoms with van der Waals surface area (Å²) >= 11 is 5.13. The topological polar surface area (TPSA) is 38.7 Å². The van der Waals surface area contributed by atoms with E-state index < -0.39 is 0 Å². The van der Waals surface area contributed by atoms with Crippen LogP contribution < -0.4 is 0 Å². The number of rotatable bonds is 6. The van der Waals surface area contributed by atoms with E-state index in [1.54, 1.807) is 0 Å². The molecule has 0 amide bonds. The van der Waals surface area contributed by atoms with Crippen molar-refractivity contribution in [3.63, 3.8) is 0 Å². The highest BCUT2D eigenvalue weighted by Gasteiger charge is 1.97. The van der Waals surface area contributed by atoms with Gasteiger partial charge in [0.2, 0.25) is 0 Å². The van der Waals surface area contributed by atoms with Crippen LogP contribution in [0.15, 0.2) is 34.1 Å². The minimum Gasteiger partial charge on any atom is -0.220 e. The lowest BCUT2D eigenvalue weighted by molar-refractivity contribution is -0.432. The number of alkyl halides is 1. The summed E-state index contributed by atoms with van der Waals surface area (Å²) in [5.41, 5.74) is 0. The van der Waals surface area contributed by atoms with Gasteiger partial charge in [-0.3, -0.25) is 0 Å². The zero-order valence-corrected chi connectivity index (χ0v) is 11.0. The van der Waals surface area contributed by atoms with Gasteiger partial charge in [0.05, 0.1) is 12.0 Å². The maximum Gasteiger partial charge on any atom is 0.0714 e. The average Bonchev–Trinajstić information content (AvgIpc) is 2.25. The Labute approximate surface area is 105 Å². The molecule has 0 fully saturated rings. The van der Waals surface area contributed by atoms with E-state index in [2.05, 4.69) is 32.0 Å². The van der Waals surface area contributed by atoms with Crippen LogP contribution in [0.3, 0.4) is 0 Å². The fourth-order valence-corrected chi connectivity index (χ4v) is 2.46. The summed E-state index contributed by atoms with van der Waals surface area (Å²) < 4.78 is 5.44. The molecular weight excluding hydrogens is 335 g/mol. The molecule has 1 aromatic rings. The van der Waals surface area contributed by atoms with Crippen LogP contribution in [0.4, 0.5) is 0 Å². The number of benzene rings is 1. The van der Waals surface area contributed by atoms with Crippen molar-refractivity contribution in [1.82, 2.24) is 0 Å². The Morgan fingerprint density at radius 2 is 1.86 bits per heavy atom. The van der Waals surface area contributed by atoms with E-state index in [-0.39, 0.29) is 0 Å². The summed E-state index contributed by atoms with van der Waals surface area (Å²) in [6.45, 7) is 0. The highest BCUT2D eigenvalue weighted by molar-refractivity contribution is 14.1. The maximum absolute atomic E-state index is 7.95. The molecule has 0 aliphatic heterocycles. The number of halogens is 1. The smallest absolute Gasteiger partial charge is 0.0714 e. The van der Waals surface area contributed by atoms with Crippen molar-refractivity contribution in [2.45, 2.75) is 9.79 Å². The van der Waals surface area contributed by atoms with Crippen LogP contribution in [0.2, 0.25) is 0 Å². The quantitative estimate of drug-likeness (QED) is 0.213. The van der Waals surface area contributed by atoms with Gasteiger partial charge in [0, 0.05) is 20.0 Å². The minimum atomic E-state index is 0.887. The van der Waals surface area contributed by atoms with Crippen LogP contribution in [0.25, 0.3) is 0 Å². The van der Waals surface area contributed by atoms with Crippen LogP contribution in [0, 0.1) is 0 Å². The number of hydrogen-bond donors (Lipinski definition) is 1. The largest absolute Gasteiger partial charge is 0.220 e. The van der Waals surface area contributed by atoms with Gasteiger partial charge >= 0.3 is 0 Å². The van der Waals surface area contributed by atoms with Gasteiger partial charge in [-0.2, -0.15) is 0 Å². The Kier molecular flexibility index (Phi) is 7.00. The second kappa shape index (κ2) is 7.77. The number of thioether (sulfide) groups is 1. The average molecular weight is 344 g/mol. The van der Waals surface area contributed by atoms with Gasteiger partial charge < -0.3 is 0 Å². The van der Waals surface area contributed by atoms with Gasteiger partial charge in [0.15, 0.2) is 0 Å². The Balaban J connectivity index is 2.42. The van der Waals surface area contributed by atoms with Crippen molar-refractivity contribution < 1.29 is 14.6 Å². The van der Waals surface area contributed by atoms with Gasteiger partial charge in [-0.05, 0) is 24.3 Å². The molecule has 3 nitrogen and oxygen atoms in total. The summed E-state index contributed by atoms with van der Waals surface area (Å²) in [6, 6.07) is 7.86. The predicted octanol–water partition coefficient (Wildman–Crippen LogP) is 3.64. The fraction of sp³-hybridized carbons (Fsp3) is 0.250. The minimum absolute atomic E-state index is 0.887. The van der Waals surface area contributed by atoms with Crippen LogP contribution in [0.1, 0.15) is 0 Å². The molecular formula is C8H9IO3S2. The first kappa shape index (κ1) is 12.6. The first-order valence-corrected chi connectivity index (χ1v) is 7.05. The first-order chi connectivity index (χ1) is 6.86. The van der Waals surface area contributed by atoms with Crippen LogP contribution >= 0.6 is 46.4 Å². The fourth-order valence-electron chi connectivity index (χ4n) is 0.802. The zero-order valence-electron chi connectivity index (χ0n) is 7.18. The van der Waals surface area contributed by atoms with Gasteiger partial charge in [-0.25, -0.2) is 5.26 Å². The normalized spacial score (nSPS) is 10.4.